The van der Waals surface area contributed by atoms with Gasteiger partial charge >= 0.3 is 0 Å². The Bertz CT molecular complexity index is 1090. The van der Waals surface area contributed by atoms with Gasteiger partial charge in [-0.1, -0.05) is 34.1 Å². The van der Waals surface area contributed by atoms with Crippen molar-refractivity contribution < 1.29 is 4.74 Å². The second-order valence-electron chi connectivity index (χ2n) is 6.18. The van der Waals surface area contributed by atoms with Crippen molar-refractivity contribution in [2.75, 3.05) is 16.4 Å². The van der Waals surface area contributed by atoms with E-state index in [4.69, 9.17) is 10.5 Å². The molecule has 0 aliphatic rings. The second-order valence-corrected chi connectivity index (χ2v) is 7.10. The molecule has 0 radical (unpaired) electrons. The van der Waals surface area contributed by atoms with E-state index in [1.54, 1.807) is 0 Å². The van der Waals surface area contributed by atoms with Gasteiger partial charge in [0.25, 0.3) is 0 Å². The predicted octanol–water partition coefficient (Wildman–Crippen LogP) is 6.10. The van der Waals surface area contributed by atoms with Crippen LogP contribution in [0.25, 0.3) is 0 Å². The van der Waals surface area contributed by atoms with Gasteiger partial charge in [0.05, 0.1) is 0 Å². The molecule has 0 aliphatic heterocycles. The van der Waals surface area contributed by atoms with Crippen molar-refractivity contribution in [1.29, 1.82) is 0 Å². The predicted molar refractivity (Wildman–Crippen MR) is 120 cm³/mol. The summed E-state index contributed by atoms with van der Waals surface area (Å²) >= 11 is 3.42. The Labute approximate surface area is 176 Å². The SMILES string of the molecule is Nc1c(Nc2ccc(Br)cc2)ncnc1Nc1ccc(Oc2ccccc2)cc1. The molecule has 4 rings (SSSR count). The molecule has 3 aromatic carbocycles. The van der Waals surface area contributed by atoms with Crippen LogP contribution in [0.2, 0.25) is 0 Å². The van der Waals surface area contributed by atoms with Crippen molar-refractivity contribution in [2.45, 2.75) is 0 Å². The largest absolute Gasteiger partial charge is 0.457 e. The number of nitrogens with two attached hydrogens (primary N) is 1. The maximum Gasteiger partial charge on any atom is 0.159 e. The Morgan fingerprint density at radius 3 is 1.79 bits per heavy atom. The summed E-state index contributed by atoms with van der Waals surface area (Å²) in [6, 6.07) is 25.0. The van der Waals surface area contributed by atoms with E-state index in [1.165, 1.54) is 6.33 Å². The normalized spacial score (nSPS) is 10.4. The summed E-state index contributed by atoms with van der Waals surface area (Å²) in [5, 5.41) is 6.42. The van der Waals surface area contributed by atoms with Gasteiger partial charge < -0.3 is 21.1 Å². The number of nitrogens with one attached hydrogen (secondary N) is 2. The molecule has 29 heavy (non-hydrogen) atoms. The molecular formula is C22H18BrN5O. The highest BCUT2D eigenvalue weighted by atomic mass is 79.9. The third-order valence-electron chi connectivity index (χ3n) is 4.09. The van der Waals surface area contributed by atoms with Crippen LogP contribution in [0.1, 0.15) is 0 Å². The molecule has 4 N–H and O–H groups in total. The van der Waals surface area contributed by atoms with Gasteiger partial charge in [-0.15, -0.1) is 0 Å². The molecule has 0 amide bonds. The molecule has 0 spiro atoms. The van der Waals surface area contributed by atoms with Crippen LogP contribution in [0, 0.1) is 0 Å². The standard InChI is InChI=1S/C22H18BrN5O/c23-15-6-8-16(9-7-15)27-21-20(24)22(26-14-25-21)28-17-10-12-19(13-11-17)29-18-4-2-1-3-5-18/h1-14H,24H2,(H2,25,26,27,28). The first-order valence-corrected chi connectivity index (χ1v) is 9.70. The van der Waals surface area contributed by atoms with Crippen LogP contribution < -0.4 is 21.1 Å². The summed E-state index contributed by atoms with van der Waals surface area (Å²) in [6.07, 6.45) is 1.47. The lowest BCUT2D eigenvalue weighted by atomic mass is 10.3. The first-order chi connectivity index (χ1) is 14.2. The zero-order valence-corrected chi connectivity index (χ0v) is 16.9. The lowest BCUT2D eigenvalue weighted by Crippen LogP contribution is -2.05. The molecule has 0 saturated heterocycles. The van der Waals surface area contributed by atoms with Gasteiger partial charge in [-0.05, 0) is 60.7 Å². The minimum Gasteiger partial charge on any atom is -0.457 e. The van der Waals surface area contributed by atoms with Crippen molar-refractivity contribution in [2.24, 2.45) is 0 Å². The molecule has 7 heteroatoms. The van der Waals surface area contributed by atoms with E-state index in [-0.39, 0.29) is 0 Å². The molecule has 1 aromatic heterocycles. The number of nitrogens with zero attached hydrogens (tertiary/aromatic N) is 2. The number of hydrogen-bond acceptors (Lipinski definition) is 6. The van der Waals surface area contributed by atoms with Gasteiger partial charge in [-0.3, -0.25) is 0 Å². The lowest BCUT2D eigenvalue weighted by molar-refractivity contribution is 0.483. The van der Waals surface area contributed by atoms with Crippen LogP contribution >= 0.6 is 15.9 Å². The van der Waals surface area contributed by atoms with Crippen LogP contribution in [0.3, 0.4) is 0 Å². The first-order valence-electron chi connectivity index (χ1n) is 8.90. The van der Waals surface area contributed by atoms with Gasteiger partial charge in [0.15, 0.2) is 11.6 Å². The highest BCUT2D eigenvalue weighted by Crippen LogP contribution is 2.29. The number of hydrogen-bond donors (Lipinski definition) is 3. The Morgan fingerprint density at radius 1 is 0.690 bits per heavy atom. The van der Waals surface area contributed by atoms with Crippen LogP contribution in [-0.4, -0.2) is 9.97 Å². The number of para-hydroxylation sites is 1. The van der Waals surface area contributed by atoms with E-state index in [1.807, 2.05) is 78.9 Å². The summed E-state index contributed by atoms with van der Waals surface area (Å²) in [4.78, 5) is 8.49. The van der Waals surface area contributed by atoms with E-state index < -0.39 is 0 Å². The lowest BCUT2D eigenvalue weighted by Gasteiger charge is -2.13. The van der Waals surface area contributed by atoms with Crippen LogP contribution in [-0.2, 0) is 0 Å². The maximum atomic E-state index is 6.26. The van der Waals surface area contributed by atoms with Crippen molar-refractivity contribution in [1.82, 2.24) is 9.97 Å². The first kappa shape index (κ1) is 18.8. The molecule has 144 valence electrons. The highest BCUT2D eigenvalue weighted by molar-refractivity contribution is 9.10. The zero-order chi connectivity index (χ0) is 20.1. The quantitative estimate of drug-likeness (QED) is 0.331. The Kier molecular flexibility index (Phi) is 5.58. The summed E-state index contributed by atoms with van der Waals surface area (Å²) in [6.45, 7) is 0. The number of halogens is 1. The number of anilines is 5. The summed E-state index contributed by atoms with van der Waals surface area (Å²) in [7, 11) is 0. The molecule has 6 nitrogen and oxygen atoms in total. The van der Waals surface area contributed by atoms with Crippen LogP contribution in [0.5, 0.6) is 11.5 Å². The molecule has 0 bridgehead atoms. The van der Waals surface area contributed by atoms with Gasteiger partial charge in [0.2, 0.25) is 0 Å². The molecular weight excluding hydrogens is 430 g/mol. The fraction of sp³-hybridized carbons (Fsp3) is 0. The fourth-order valence-electron chi connectivity index (χ4n) is 2.63. The topological polar surface area (TPSA) is 85.1 Å². The van der Waals surface area contributed by atoms with Crippen molar-refractivity contribution >= 4 is 44.6 Å². The van der Waals surface area contributed by atoms with Gasteiger partial charge in [0.1, 0.15) is 23.5 Å². The van der Waals surface area contributed by atoms with Gasteiger partial charge in [-0.25, -0.2) is 9.97 Å². The average molecular weight is 448 g/mol. The zero-order valence-electron chi connectivity index (χ0n) is 15.3. The van der Waals surface area contributed by atoms with Crippen molar-refractivity contribution in [3.63, 3.8) is 0 Å². The molecule has 1 heterocycles. The Balaban J connectivity index is 1.47. The Morgan fingerprint density at radius 2 is 1.21 bits per heavy atom. The smallest absolute Gasteiger partial charge is 0.159 e. The third-order valence-corrected chi connectivity index (χ3v) is 4.62. The molecule has 0 unspecified atom stereocenters. The summed E-state index contributed by atoms with van der Waals surface area (Å²) in [5.74, 6) is 2.59. The van der Waals surface area contributed by atoms with E-state index in [2.05, 4.69) is 36.5 Å². The van der Waals surface area contributed by atoms with E-state index >= 15 is 0 Å². The van der Waals surface area contributed by atoms with E-state index in [0.29, 0.717) is 17.3 Å². The molecule has 4 aromatic rings. The maximum absolute atomic E-state index is 6.26. The van der Waals surface area contributed by atoms with Crippen LogP contribution in [0.15, 0.2) is 89.7 Å². The molecule has 0 fully saturated rings. The minimum absolute atomic E-state index is 0.431. The molecule has 0 saturated carbocycles. The molecule has 0 aliphatic carbocycles. The third kappa shape index (κ3) is 4.83. The highest BCUT2D eigenvalue weighted by Gasteiger charge is 2.09. The monoisotopic (exact) mass is 447 g/mol. The fourth-order valence-corrected chi connectivity index (χ4v) is 2.90. The van der Waals surface area contributed by atoms with Crippen molar-refractivity contribution in [3.05, 3.63) is 89.7 Å². The number of nitrogen functional groups attached to an aromatic ring is 1. The van der Waals surface area contributed by atoms with Crippen LogP contribution in [0.4, 0.5) is 28.7 Å². The molecule has 0 atom stereocenters. The number of ether oxygens (including phenoxy) is 1. The minimum atomic E-state index is 0.431. The summed E-state index contributed by atoms with van der Waals surface area (Å²) in [5.41, 5.74) is 8.41. The second kappa shape index (κ2) is 8.62. The number of benzene rings is 3. The van der Waals surface area contributed by atoms with E-state index in [9.17, 15) is 0 Å². The van der Waals surface area contributed by atoms with Gasteiger partial charge in [-0.2, -0.15) is 0 Å². The van der Waals surface area contributed by atoms with E-state index in [0.717, 1.165) is 27.3 Å². The average Bonchev–Trinajstić information content (AvgIpc) is 2.75. The number of rotatable bonds is 6. The number of aromatic nitrogens is 2. The summed E-state index contributed by atoms with van der Waals surface area (Å²) < 4.78 is 6.81. The Hall–Kier alpha value is -3.58. The van der Waals surface area contributed by atoms with Gasteiger partial charge in [0, 0.05) is 15.8 Å². The van der Waals surface area contributed by atoms with Crippen molar-refractivity contribution in [3.8, 4) is 11.5 Å².